The van der Waals surface area contributed by atoms with Crippen molar-refractivity contribution in [1.29, 1.82) is 0 Å². The Hall–Kier alpha value is 0.1000. The number of rotatable bonds is 1. The molecule has 14 heavy (non-hydrogen) atoms. The van der Waals surface area contributed by atoms with Crippen molar-refractivity contribution in [2.24, 2.45) is 0 Å². The first-order chi connectivity index (χ1) is 6.66. The van der Waals surface area contributed by atoms with Crippen molar-refractivity contribution in [3.8, 4) is 0 Å². The zero-order chi connectivity index (χ0) is 10.1. The summed E-state index contributed by atoms with van der Waals surface area (Å²) >= 11 is 5.33. The minimum Gasteiger partial charge on any atom is -0.311 e. The predicted octanol–water partition coefficient (Wildman–Crippen LogP) is 2.48. The molecule has 0 spiro atoms. The van der Waals surface area contributed by atoms with Crippen LogP contribution in [0.3, 0.4) is 0 Å². The SMILES string of the molecule is CC1CN(C)C(c2cc(Br)cs2)CN1. The van der Waals surface area contributed by atoms with E-state index in [0.29, 0.717) is 12.1 Å². The molecule has 2 heterocycles. The van der Waals surface area contributed by atoms with Gasteiger partial charge in [0.15, 0.2) is 0 Å². The van der Waals surface area contributed by atoms with Crippen LogP contribution < -0.4 is 5.32 Å². The van der Waals surface area contributed by atoms with E-state index in [1.165, 1.54) is 9.35 Å². The van der Waals surface area contributed by atoms with Gasteiger partial charge in [0.05, 0.1) is 6.04 Å². The van der Waals surface area contributed by atoms with Crippen LogP contribution in [0.2, 0.25) is 0 Å². The van der Waals surface area contributed by atoms with Crippen LogP contribution in [0, 0.1) is 0 Å². The van der Waals surface area contributed by atoms with Crippen molar-refractivity contribution in [2.45, 2.75) is 19.0 Å². The van der Waals surface area contributed by atoms with Crippen molar-refractivity contribution in [3.05, 3.63) is 20.8 Å². The number of hydrogen-bond donors (Lipinski definition) is 1. The normalized spacial score (nSPS) is 29.4. The molecule has 2 nitrogen and oxygen atoms in total. The Kier molecular flexibility index (Phi) is 3.27. The molecular formula is C10H15BrN2S. The van der Waals surface area contributed by atoms with Crippen LogP contribution in [-0.2, 0) is 0 Å². The van der Waals surface area contributed by atoms with Crippen LogP contribution in [0.1, 0.15) is 17.8 Å². The van der Waals surface area contributed by atoms with Crippen LogP contribution in [0.4, 0.5) is 0 Å². The summed E-state index contributed by atoms with van der Waals surface area (Å²) in [6, 6.07) is 3.38. The Morgan fingerprint density at radius 3 is 3.00 bits per heavy atom. The summed E-state index contributed by atoms with van der Waals surface area (Å²) in [5, 5.41) is 5.67. The largest absolute Gasteiger partial charge is 0.311 e. The summed E-state index contributed by atoms with van der Waals surface area (Å²) in [5.74, 6) is 0. The summed E-state index contributed by atoms with van der Waals surface area (Å²) in [7, 11) is 2.20. The zero-order valence-corrected chi connectivity index (χ0v) is 10.9. The van der Waals surface area contributed by atoms with Gasteiger partial charge in [0.1, 0.15) is 0 Å². The molecular weight excluding hydrogens is 260 g/mol. The number of nitrogens with one attached hydrogen (secondary N) is 1. The van der Waals surface area contributed by atoms with E-state index in [0.717, 1.165) is 13.1 Å². The van der Waals surface area contributed by atoms with Crippen LogP contribution in [0.5, 0.6) is 0 Å². The highest BCUT2D eigenvalue weighted by Gasteiger charge is 2.24. The van der Waals surface area contributed by atoms with Gasteiger partial charge in [-0.15, -0.1) is 11.3 Å². The van der Waals surface area contributed by atoms with Gasteiger partial charge < -0.3 is 5.32 Å². The highest BCUT2D eigenvalue weighted by Crippen LogP contribution is 2.29. The molecule has 1 aliphatic heterocycles. The summed E-state index contributed by atoms with van der Waals surface area (Å²) in [5.41, 5.74) is 0. The molecule has 0 amide bonds. The fourth-order valence-electron chi connectivity index (χ4n) is 1.91. The van der Waals surface area contributed by atoms with Crippen molar-refractivity contribution in [3.63, 3.8) is 0 Å². The second-order valence-electron chi connectivity index (χ2n) is 3.93. The van der Waals surface area contributed by atoms with Crippen molar-refractivity contribution < 1.29 is 0 Å². The summed E-state index contributed by atoms with van der Waals surface area (Å²) in [6.07, 6.45) is 0. The lowest BCUT2D eigenvalue weighted by molar-refractivity contribution is 0.173. The van der Waals surface area contributed by atoms with Crippen molar-refractivity contribution >= 4 is 27.3 Å². The molecule has 2 atom stereocenters. The fraction of sp³-hybridized carbons (Fsp3) is 0.600. The molecule has 1 fully saturated rings. The quantitative estimate of drug-likeness (QED) is 0.847. The van der Waals surface area contributed by atoms with Gasteiger partial charge in [-0.3, -0.25) is 4.90 Å². The molecule has 1 aromatic rings. The minimum atomic E-state index is 0.544. The van der Waals surface area contributed by atoms with E-state index in [1.807, 2.05) is 11.3 Å². The fourth-order valence-corrected chi connectivity index (χ4v) is 3.52. The lowest BCUT2D eigenvalue weighted by atomic mass is 10.1. The van der Waals surface area contributed by atoms with Gasteiger partial charge in [0, 0.05) is 33.9 Å². The molecule has 4 heteroatoms. The first kappa shape index (κ1) is 10.6. The van der Waals surface area contributed by atoms with Gasteiger partial charge in [0.2, 0.25) is 0 Å². The number of halogens is 1. The van der Waals surface area contributed by atoms with E-state index in [-0.39, 0.29) is 0 Å². The Bertz CT molecular complexity index is 313. The molecule has 1 aromatic heterocycles. The van der Waals surface area contributed by atoms with Crippen molar-refractivity contribution in [2.75, 3.05) is 20.1 Å². The van der Waals surface area contributed by atoms with E-state index in [4.69, 9.17) is 0 Å². The molecule has 0 aromatic carbocycles. The molecule has 0 saturated carbocycles. The van der Waals surface area contributed by atoms with Gasteiger partial charge >= 0.3 is 0 Å². The van der Waals surface area contributed by atoms with Gasteiger partial charge in [-0.2, -0.15) is 0 Å². The predicted molar refractivity (Wildman–Crippen MR) is 64.9 cm³/mol. The maximum Gasteiger partial charge on any atom is 0.0565 e. The first-order valence-corrected chi connectivity index (χ1v) is 6.51. The van der Waals surface area contributed by atoms with Crippen LogP contribution in [0.25, 0.3) is 0 Å². The molecule has 2 rings (SSSR count). The molecule has 0 radical (unpaired) electrons. The molecule has 1 N–H and O–H groups in total. The first-order valence-electron chi connectivity index (χ1n) is 4.84. The van der Waals surface area contributed by atoms with E-state index in [1.54, 1.807) is 0 Å². The topological polar surface area (TPSA) is 15.3 Å². The average Bonchev–Trinajstić information content (AvgIpc) is 2.51. The number of nitrogens with zero attached hydrogens (tertiary/aromatic N) is 1. The van der Waals surface area contributed by atoms with Gasteiger partial charge in [-0.25, -0.2) is 0 Å². The number of likely N-dealkylation sites (N-methyl/N-ethyl adjacent to an activating group) is 1. The van der Waals surface area contributed by atoms with E-state index in [2.05, 4.69) is 51.6 Å². The molecule has 2 unspecified atom stereocenters. The summed E-state index contributed by atoms with van der Waals surface area (Å²) in [4.78, 5) is 3.87. The van der Waals surface area contributed by atoms with Crippen LogP contribution in [-0.4, -0.2) is 31.1 Å². The third-order valence-corrected chi connectivity index (χ3v) is 4.46. The van der Waals surface area contributed by atoms with Crippen molar-refractivity contribution in [1.82, 2.24) is 10.2 Å². The highest BCUT2D eigenvalue weighted by molar-refractivity contribution is 9.10. The molecule has 0 aliphatic carbocycles. The number of piperazine rings is 1. The number of hydrogen-bond acceptors (Lipinski definition) is 3. The molecule has 1 aliphatic rings. The second-order valence-corrected chi connectivity index (χ2v) is 5.79. The lowest BCUT2D eigenvalue weighted by Crippen LogP contribution is -2.49. The smallest absolute Gasteiger partial charge is 0.0565 e. The zero-order valence-electron chi connectivity index (χ0n) is 8.46. The maximum atomic E-state index is 3.52. The Balaban J connectivity index is 2.11. The van der Waals surface area contributed by atoms with Gasteiger partial charge in [-0.05, 0) is 36.0 Å². The summed E-state index contributed by atoms with van der Waals surface area (Å²) in [6.45, 7) is 4.42. The molecule has 0 bridgehead atoms. The Morgan fingerprint density at radius 1 is 1.64 bits per heavy atom. The lowest BCUT2D eigenvalue weighted by Gasteiger charge is -2.36. The minimum absolute atomic E-state index is 0.544. The maximum absolute atomic E-state index is 3.52. The standard InChI is InChI=1S/C10H15BrN2S/c1-7-5-13(2)9(4-12-7)10-3-8(11)6-14-10/h3,6-7,9,12H,4-5H2,1-2H3. The molecule has 78 valence electrons. The molecule has 1 saturated heterocycles. The monoisotopic (exact) mass is 274 g/mol. The van der Waals surface area contributed by atoms with Gasteiger partial charge in [-0.1, -0.05) is 0 Å². The van der Waals surface area contributed by atoms with E-state index >= 15 is 0 Å². The third kappa shape index (κ3) is 2.19. The van der Waals surface area contributed by atoms with Crippen LogP contribution >= 0.6 is 27.3 Å². The summed E-state index contributed by atoms with van der Waals surface area (Å²) < 4.78 is 1.20. The third-order valence-electron chi connectivity index (χ3n) is 2.67. The van der Waals surface area contributed by atoms with E-state index in [9.17, 15) is 0 Å². The second kappa shape index (κ2) is 4.31. The van der Waals surface area contributed by atoms with E-state index < -0.39 is 0 Å². The number of thiophene rings is 1. The highest BCUT2D eigenvalue weighted by atomic mass is 79.9. The Morgan fingerprint density at radius 2 is 2.43 bits per heavy atom. The average molecular weight is 275 g/mol. The van der Waals surface area contributed by atoms with Gasteiger partial charge in [0.25, 0.3) is 0 Å². The Labute approximate surface area is 97.4 Å². The van der Waals surface area contributed by atoms with Crippen LogP contribution in [0.15, 0.2) is 15.9 Å².